The molecule has 2 N–H and O–H groups in total. The van der Waals surface area contributed by atoms with E-state index in [0.29, 0.717) is 6.04 Å². The normalized spacial score (nSPS) is 29.6. The predicted molar refractivity (Wildman–Crippen MR) is 66.5 cm³/mol. The third-order valence-electron chi connectivity index (χ3n) is 3.98. The first kappa shape index (κ1) is 10.3. The Bertz CT molecular complexity index is 375. The molecule has 1 aromatic carbocycles. The highest BCUT2D eigenvalue weighted by atomic mass is 15.1. The van der Waals surface area contributed by atoms with Crippen LogP contribution in [0.3, 0.4) is 0 Å². The van der Waals surface area contributed by atoms with Crippen LogP contribution in [0.25, 0.3) is 0 Å². The number of hydrogen-bond donors (Lipinski definition) is 1. The second kappa shape index (κ2) is 4.19. The van der Waals surface area contributed by atoms with Crippen molar-refractivity contribution < 1.29 is 0 Å². The lowest BCUT2D eigenvalue weighted by Gasteiger charge is -2.38. The van der Waals surface area contributed by atoms with Gasteiger partial charge in [-0.05, 0) is 36.9 Å². The van der Waals surface area contributed by atoms with Gasteiger partial charge in [0, 0.05) is 25.0 Å². The summed E-state index contributed by atoms with van der Waals surface area (Å²) in [4.78, 5) is 2.55. The first-order valence-electron chi connectivity index (χ1n) is 6.38. The van der Waals surface area contributed by atoms with E-state index in [1.807, 2.05) is 0 Å². The van der Waals surface area contributed by atoms with Crippen molar-refractivity contribution in [2.24, 2.45) is 5.73 Å². The quantitative estimate of drug-likeness (QED) is 0.816. The summed E-state index contributed by atoms with van der Waals surface area (Å²) >= 11 is 0. The van der Waals surface area contributed by atoms with Gasteiger partial charge in [-0.2, -0.15) is 0 Å². The summed E-state index contributed by atoms with van der Waals surface area (Å²) in [7, 11) is 0. The van der Waals surface area contributed by atoms with Crippen LogP contribution in [0.2, 0.25) is 0 Å². The molecule has 3 rings (SSSR count). The lowest BCUT2D eigenvalue weighted by Crippen LogP contribution is -2.45. The van der Waals surface area contributed by atoms with E-state index >= 15 is 0 Å². The van der Waals surface area contributed by atoms with Crippen LogP contribution < -0.4 is 5.73 Å². The van der Waals surface area contributed by atoms with Gasteiger partial charge in [0.25, 0.3) is 0 Å². The van der Waals surface area contributed by atoms with Crippen LogP contribution in [0.1, 0.15) is 29.9 Å². The molecule has 0 amide bonds. The van der Waals surface area contributed by atoms with Gasteiger partial charge in [-0.3, -0.25) is 0 Å². The van der Waals surface area contributed by atoms with Crippen LogP contribution in [0.15, 0.2) is 24.3 Å². The molecule has 0 bridgehead atoms. The number of rotatable bonds is 2. The summed E-state index contributed by atoms with van der Waals surface area (Å²) in [6.07, 6.45) is 3.75. The van der Waals surface area contributed by atoms with Crippen molar-refractivity contribution in [1.29, 1.82) is 0 Å². The maximum Gasteiger partial charge on any atom is 0.0168 e. The highest BCUT2D eigenvalue weighted by Crippen LogP contribution is 2.35. The first-order chi connectivity index (χ1) is 7.83. The SMILES string of the molecule is NC1CCCN(CC2Cc3ccccc32)C1. The summed E-state index contributed by atoms with van der Waals surface area (Å²) in [6.45, 7) is 3.55. The molecule has 2 unspecified atom stereocenters. The van der Waals surface area contributed by atoms with E-state index < -0.39 is 0 Å². The lowest BCUT2D eigenvalue weighted by atomic mass is 9.77. The van der Waals surface area contributed by atoms with Gasteiger partial charge < -0.3 is 10.6 Å². The predicted octanol–water partition coefficient (Wildman–Crippen LogP) is 1.75. The molecule has 0 saturated carbocycles. The van der Waals surface area contributed by atoms with Gasteiger partial charge in [-0.25, -0.2) is 0 Å². The molecule has 2 aliphatic rings. The molecule has 1 aromatic rings. The fourth-order valence-electron chi connectivity index (χ4n) is 3.09. The van der Waals surface area contributed by atoms with Gasteiger partial charge in [0.1, 0.15) is 0 Å². The van der Waals surface area contributed by atoms with Gasteiger partial charge in [0.2, 0.25) is 0 Å². The van der Waals surface area contributed by atoms with Crippen molar-refractivity contribution in [3.63, 3.8) is 0 Å². The third kappa shape index (κ3) is 1.87. The van der Waals surface area contributed by atoms with Crippen LogP contribution in [0, 0.1) is 0 Å². The summed E-state index contributed by atoms with van der Waals surface area (Å²) in [5.41, 5.74) is 9.13. The van der Waals surface area contributed by atoms with Gasteiger partial charge in [-0.15, -0.1) is 0 Å². The zero-order valence-electron chi connectivity index (χ0n) is 9.73. The average molecular weight is 216 g/mol. The highest BCUT2D eigenvalue weighted by Gasteiger charge is 2.28. The topological polar surface area (TPSA) is 29.3 Å². The molecular weight excluding hydrogens is 196 g/mol. The van der Waals surface area contributed by atoms with E-state index in [0.717, 1.165) is 12.5 Å². The summed E-state index contributed by atoms with van der Waals surface area (Å²) in [6, 6.07) is 9.25. The second-order valence-electron chi connectivity index (χ2n) is 5.26. The standard InChI is InChI=1S/C14H20N2/c15-13-5-3-7-16(10-13)9-12-8-11-4-1-2-6-14(11)12/h1-2,4,6,12-13H,3,5,7-10,15H2. The maximum atomic E-state index is 6.01. The zero-order chi connectivity index (χ0) is 11.0. The molecule has 0 radical (unpaired) electrons. The Kier molecular flexibility index (Phi) is 2.70. The number of hydrogen-bond acceptors (Lipinski definition) is 2. The molecule has 2 heteroatoms. The fourth-order valence-corrected chi connectivity index (χ4v) is 3.09. The molecule has 1 heterocycles. The van der Waals surface area contributed by atoms with E-state index in [-0.39, 0.29) is 0 Å². The molecule has 16 heavy (non-hydrogen) atoms. The van der Waals surface area contributed by atoms with Gasteiger partial charge in [0.15, 0.2) is 0 Å². The van der Waals surface area contributed by atoms with Gasteiger partial charge >= 0.3 is 0 Å². The van der Waals surface area contributed by atoms with E-state index in [2.05, 4.69) is 29.2 Å². The van der Waals surface area contributed by atoms with Crippen LogP contribution in [0.5, 0.6) is 0 Å². The molecule has 1 aliphatic carbocycles. The van der Waals surface area contributed by atoms with Crippen molar-refractivity contribution in [2.75, 3.05) is 19.6 Å². The summed E-state index contributed by atoms with van der Waals surface area (Å²) < 4.78 is 0. The highest BCUT2D eigenvalue weighted by molar-refractivity contribution is 5.40. The summed E-state index contributed by atoms with van der Waals surface area (Å²) in [5, 5.41) is 0. The molecule has 0 spiro atoms. The number of nitrogens with two attached hydrogens (primary N) is 1. The van der Waals surface area contributed by atoms with Gasteiger partial charge in [-0.1, -0.05) is 24.3 Å². The number of piperidine rings is 1. The molecule has 2 nitrogen and oxygen atoms in total. The average Bonchev–Trinajstić information content (AvgIpc) is 2.26. The smallest absolute Gasteiger partial charge is 0.0168 e. The maximum absolute atomic E-state index is 6.01. The molecule has 1 saturated heterocycles. The number of nitrogens with zero attached hydrogens (tertiary/aromatic N) is 1. The van der Waals surface area contributed by atoms with Crippen LogP contribution in [-0.4, -0.2) is 30.6 Å². The first-order valence-corrected chi connectivity index (χ1v) is 6.38. The van der Waals surface area contributed by atoms with Crippen LogP contribution in [-0.2, 0) is 6.42 Å². The van der Waals surface area contributed by atoms with Crippen molar-refractivity contribution in [3.8, 4) is 0 Å². The Morgan fingerprint density at radius 1 is 1.31 bits per heavy atom. The number of likely N-dealkylation sites (tertiary alicyclic amines) is 1. The minimum atomic E-state index is 0.407. The lowest BCUT2D eigenvalue weighted by molar-refractivity contribution is 0.192. The molecular formula is C14H20N2. The van der Waals surface area contributed by atoms with Crippen molar-refractivity contribution in [1.82, 2.24) is 4.90 Å². The fraction of sp³-hybridized carbons (Fsp3) is 0.571. The van der Waals surface area contributed by atoms with Gasteiger partial charge in [0.05, 0.1) is 0 Å². The van der Waals surface area contributed by atoms with Crippen LogP contribution >= 0.6 is 0 Å². The minimum Gasteiger partial charge on any atom is -0.327 e. The molecule has 1 fully saturated rings. The van der Waals surface area contributed by atoms with Crippen molar-refractivity contribution in [2.45, 2.75) is 31.2 Å². The monoisotopic (exact) mass is 216 g/mol. The summed E-state index contributed by atoms with van der Waals surface area (Å²) in [5.74, 6) is 0.765. The van der Waals surface area contributed by atoms with E-state index in [1.54, 1.807) is 11.1 Å². The Morgan fingerprint density at radius 3 is 3.00 bits per heavy atom. The molecule has 2 atom stereocenters. The van der Waals surface area contributed by atoms with E-state index in [4.69, 9.17) is 5.73 Å². The number of benzene rings is 1. The molecule has 1 aliphatic heterocycles. The number of fused-ring (bicyclic) bond motifs is 1. The Labute approximate surface area is 97.4 Å². The molecule has 86 valence electrons. The van der Waals surface area contributed by atoms with Crippen LogP contribution in [0.4, 0.5) is 0 Å². The zero-order valence-corrected chi connectivity index (χ0v) is 9.73. The largest absolute Gasteiger partial charge is 0.327 e. The third-order valence-corrected chi connectivity index (χ3v) is 3.98. The van der Waals surface area contributed by atoms with Crippen molar-refractivity contribution in [3.05, 3.63) is 35.4 Å². The molecule has 0 aromatic heterocycles. The van der Waals surface area contributed by atoms with Crippen molar-refractivity contribution >= 4 is 0 Å². The minimum absolute atomic E-state index is 0.407. The Balaban J connectivity index is 1.61. The Hall–Kier alpha value is -0.860. The van der Waals surface area contributed by atoms with E-state index in [9.17, 15) is 0 Å². The second-order valence-corrected chi connectivity index (χ2v) is 5.26. The Morgan fingerprint density at radius 2 is 2.19 bits per heavy atom. The van der Waals surface area contributed by atoms with E-state index in [1.165, 1.54) is 32.4 Å².